The number of carbonyl (C=O) groups excluding carboxylic acids is 1. The van der Waals surface area contributed by atoms with Gasteiger partial charge in [0, 0.05) is 6.42 Å². The molecule has 5 heteroatoms. The average Bonchev–Trinajstić information content (AvgIpc) is 3.61. The third kappa shape index (κ3) is 4.83. The second-order valence-corrected chi connectivity index (χ2v) is 15.8. The van der Waals surface area contributed by atoms with Gasteiger partial charge in [-0.05, 0) is 147 Å². The summed E-state index contributed by atoms with van der Waals surface area (Å²) >= 11 is 0. The highest BCUT2D eigenvalue weighted by molar-refractivity contribution is 5.69. The molecular formula is C34H56O5. The van der Waals surface area contributed by atoms with Crippen LogP contribution >= 0.6 is 0 Å². The topological polar surface area (TPSA) is 76.0 Å². The summed E-state index contributed by atoms with van der Waals surface area (Å²) in [5, 5.41) is 22.1. The molecule has 0 heterocycles. The highest BCUT2D eigenvalue weighted by atomic mass is 16.7. The van der Waals surface area contributed by atoms with Gasteiger partial charge in [-0.15, -0.1) is 0 Å². The van der Waals surface area contributed by atoms with E-state index < -0.39 is 0 Å². The van der Waals surface area contributed by atoms with E-state index in [0.29, 0.717) is 47.8 Å². The van der Waals surface area contributed by atoms with E-state index in [0.717, 1.165) is 56.5 Å². The summed E-state index contributed by atoms with van der Waals surface area (Å²) in [4.78, 5) is 12.6. The van der Waals surface area contributed by atoms with E-state index in [2.05, 4.69) is 27.7 Å². The molecule has 6 fully saturated rings. The van der Waals surface area contributed by atoms with Crippen molar-refractivity contribution < 1.29 is 24.5 Å². The fourth-order valence-corrected chi connectivity index (χ4v) is 12.1. The first kappa shape index (κ1) is 28.5. The fourth-order valence-electron chi connectivity index (χ4n) is 12.1. The molecular weight excluding hydrogens is 488 g/mol. The Morgan fingerprint density at radius 2 is 1.74 bits per heavy atom. The molecule has 0 saturated heterocycles. The van der Waals surface area contributed by atoms with Gasteiger partial charge in [0.25, 0.3) is 0 Å². The second kappa shape index (κ2) is 10.9. The number of esters is 1. The summed E-state index contributed by atoms with van der Waals surface area (Å²) in [6.07, 6.45) is 13.8. The van der Waals surface area contributed by atoms with Crippen LogP contribution in [0.1, 0.15) is 111 Å². The summed E-state index contributed by atoms with van der Waals surface area (Å²) < 4.78 is 11.3. The number of fused-ring (bicyclic) bond motifs is 7. The minimum Gasteiger partial charge on any atom is -0.438 e. The Morgan fingerprint density at radius 3 is 2.51 bits per heavy atom. The number of hydrogen-bond donors (Lipinski definition) is 2. The van der Waals surface area contributed by atoms with Gasteiger partial charge < -0.3 is 19.7 Å². The highest BCUT2D eigenvalue weighted by Gasteiger charge is 2.63. The lowest BCUT2D eigenvalue weighted by Crippen LogP contribution is -2.58. The van der Waals surface area contributed by atoms with Crippen molar-refractivity contribution in [2.24, 2.45) is 70.0 Å². The van der Waals surface area contributed by atoms with E-state index in [-0.39, 0.29) is 35.8 Å². The Labute approximate surface area is 237 Å². The number of hydrogen-bond acceptors (Lipinski definition) is 5. The normalized spacial score (nSPS) is 51.2. The van der Waals surface area contributed by atoms with Gasteiger partial charge in [-0.3, -0.25) is 4.79 Å². The van der Waals surface area contributed by atoms with Crippen molar-refractivity contribution in [2.45, 2.75) is 123 Å². The molecule has 2 N–H and O–H groups in total. The van der Waals surface area contributed by atoms with Crippen LogP contribution in [0.3, 0.4) is 0 Å². The van der Waals surface area contributed by atoms with E-state index >= 15 is 0 Å². The van der Waals surface area contributed by atoms with Crippen LogP contribution in [-0.4, -0.2) is 41.8 Å². The van der Waals surface area contributed by atoms with Gasteiger partial charge in [0.15, 0.2) is 6.79 Å². The number of aliphatic hydroxyl groups excluding tert-OH is 2. The molecule has 222 valence electrons. The molecule has 6 aliphatic carbocycles. The summed E-state index contributed by atoms with van der Waals surface area (Å²) in [5.74, 6) is 6.28. The minimum absolute atomic E-state index is 0.0532. The predicted octanol–water partition coefficient (Wildman–Crippen LogP) is 6.59. The molecule has 6 saturated carbocycles. The molecule has 14 unspecified atom stereocenters. The number of ether oxygens (including phenoxy) is 2. The van der Waals surface area contributed by atoms with Crippen LogP contribution in [0, 0.1) is 70.0 Å². The van der Waals surface area contributed by atoms with Crippen LogP contribution in [0.2, 0.25) is 0 Å². The van der Waals surface area contributed by atoms with Gasteiger partial charge in [-0.1, -0.05) is 27.7 Å². The molecule has 0 spiro atoms. The Hall–Kier alpha value is -0.650. The molecule has 0 amide bonds. The van der Waals surface area contributed by atoms with Crippen LogP contribution in [0.5, 0.6) is 0 Å². The first-order valence-corrected chi connectivity index (χ1v) is 16.7. The van der Waals surface area contributed by atoms with Gasteiger partial charge in [0.05, 0.1) is 18.8 Å². The summed E-state index contributed by atoms with van der Waals surface area (Å²) in [5.41, 5.74) is 0.220. The molecule has 0 aromatic heterocycles. The maximum atomic E-state index is 12.6. The van der Waals surface area contributed by atoms with Gasteiger partial charge in [-0.2, -0.15) is 0 Å². The third-order valence-electron chi connectivity index (χ3n) is 14.5. The van der Waals surface area contributed by atoms with E-state index in [1.807, 2.05) is 0 Å². The zero-order valence-electron chi connectivity index (χ0n) is 25.2. The lowest BCUT2D eigenvalue weighted by Gasteiger charge is -2.62. The van der Waals surface area contributed by atoms with Gasteiger partial charge in [0.2, 0.25) is 0 Å². The Morgan fingerprint density at radius 1 is 0.949 bits per heavy atom. The molecule has 6 aliphatic rings. The van der Waals surface area contributed by atoms with Gasteiger partial charge in [-0.25, -0.2) is 0 Å². The number of carbonyl (C=O) groups is 1. The quantitative estimate of drug-likeness (QED) is 0.205. The largest absolute Gasteiger partial charge is 0.438 e. The van der Waals surface area contributed by atoms with Crippen LogP contribution in [0.15, 0.2) is 0 Å². The summed E-state index contributed by atoms with van der Waals surface area (Å²) in [7, 11) is 0. The highest BCUT2D eigenvalue weighted by Crippen LogP contribution is 2.68. The fraction of sp³-hybridized carbons (Fsp3) is 0.971. The Bertz CT molecular complexity index is 889. The van der Waals surface area contributed by atoms with Crippen molar-refractivity contribution in [3.63, 3.8) is 0 Å². The monoisotopic (exact) mass is 544 g/mol. The van der Waals surface area contributed by atoms with Crippen LogP contribution in [-0.2, 0) is 14.3 Å². The lowest BCUT2D eigenvalue weighted by atomic mass is 9.43. The van der Waals surface area contributed by atoms with Crippen molar-refractivity contribution in [1.29, 1.82) is 0 Å². The maximum Gasteiger partial charge on any atom is 0.307 e. The van der Waals surface area contributed by atoms with Crippen molar-refractivity contribution in [3.05, 3.63) is 0 Å². The van der Waals surface area contributed by atoms with E-state index in [9.17, 15) is 15.0 Å². The first-order valence-electron chi connectivity index (χ1n) is 16.7. The molecule has 0 aliphatic heterocycles. The summed E-state index contributed by atoms with van der Waals surface area (Å²) in [6.45, 7) is 10.4. The zero-order chi connectivity index (χ0) is 27.5. The van der Waals surface area contributed by atoms with Gasteiger partial charge in [0.1, 0.15) is 0 Å². The van der Waals surface area contributed by atoms with E-state index in [4.69, 9.17) is 9.47 Å². The molecule has 39 heavy (non-hydrogen) atoms. The van der Waals surface area contributed by atoms with Crippen LogP contribution in [0.25, 0.3) is 0 Å². The van der Waals surface area contributed by atoms with Crippen LogP contribution < -0.4 is 0 Å². The smallest absolute Gasteiger partial charge is 0.307 e. The molecule has 0 aromatic rings. The second-order valence-electron chi connectivity index (χ2n) is 15.8. The van der Waals surface area contributed by atoms with Crippen LogP contribution in [0.4, 0.5) is 0 Å². The van der Waals surface area contributed by atoms with Crippen molar-refractivity contribution in [1.82, 2.24) is 0 Å². The molecule has 14 atom stereocenters. The average molecular weight is 545 g/mol. The summed E-state index contributed by atoms with van der Waals surface area (Å²) in [6, 6.07) is 0. The molecule has 2 bridgehead atoms. The van der Waals surface area contributed by atoms with Crippen molar-refractivity contribution in [3.8, 4) is 0 Å². The predicted molar refractivity (Wildman–Crippen MR) is 151 cm³/mol. The Kier molecular flexibility index (Phi) is 7.94. The zero-order valence-corrected chi connectivity index (χ0v) is 25.2. The molecule has 0 radical (unpaired) electrons. The first-order chi connectivity index (χ1) is 18.6. The van der Waals surface area contributed by atoms with Crippen molar-refractivity contribution in [2.75, 3.05) is 13.4 Å². The standard InChI is InChI=1S/C34H56O5/c1-20(5-12-32(37)39-19-38-18-27-21(2)22-6-7-23(27)15-22)28-10-11-29-26-9-8-24-16-25(35)13-14-33(24,3)30(26)17-31(36)34(28,29)4/h20-31,35-36H,5-19H2,1-4H3. The lowest BCUT2D eigenvalue weighted by molar-refractivity contribution is -0.175. The number of rotatable bonds is 8. The van der Waals surface area contributed by atoms with E-state index in [1.165, 1.54) is 44.9 Å². The number of aliphatic hydroxyl groups is 2. The Balaban J connectivity index is 0.995. The SMILES string of the molecule is CC(CCC(=O)OCOCC1C2CCC(C2)C1C)C1CCC2C3CCC4CC(O)CCC4(C)C3CC(O)C12C. The van der Waals surface area contributed by atoms with E-state index in [1.54, 1.807) is 0 Å². The third-order valence-corrected chi connectivity index (χ3v) is 14.5. The maximum absolute atomic E-state index is 12.6. The molecule has 6 rings (SSSR count). The molecule has 0 aromatic carbocycles. The van der Waals surface area contributed by atoms with Crippen molar-refractivity contribution >= 4 is 5.97 Å². The van der Waals surface area contributed by atoms with Gasteiger partial charge >= 0.3 is 5.97 Å². The molecule has 5 nitrogen and oxygen atoms in total. The minimum atomic E-state index is -0.269.